The molecule has 1 aliphatic heterocycles. The van der Waals surface area contributed by atoms with Gasteiger partial charge in [-0.05, 0) is 106 Å². The van der Waals surface area contributed by atoms with Crippen LogP contribution in [0.1, 0.15) is 47.6 Å². The molecule has 0 unspecified atom stereocenters. The van der Waals surface area contributed by atoms with Gasteiger partial charge in [-0.3, -0.25) is 9.69 Å². The minimum Gasteiger partial charge on any atom is -0.343 e. The highest BCUT2D eigenvalue weighted by atomic mass is 32.1. The van der Waals surface area contributed by atoms with Crippen molar-refractivity contribution in [2.75, 3.05) is 25.0 Å². The number of likely N-dealkylation sites (tertiary alicyclic amines) is 1. The van der Waals surface area contributed by atoms with Gasteiger partial charge in [-0.25, -0.2) is 0 Å². The molecule has 6 heteroatoms. The third kappa shape index (κ3) is 5.18. The lowest BCUT2D eigenvalue weighted by atomic mass is 10.0. The number of thiocarbonyl (C=S) groups is 1. The van der Waals surface area contributed by atoms with E-state index in [0.29, 0.717) is 17.7 Å². The molecule has 1 aliphatic rings. The Hall–Kier alpha value is -2.70. The SMILES string of the molecule is CCN1CCC[C@H]1CN(Cc1cc2ccc(C)c(C)c2[nH]c1=O)C(=S)Nc1cc(C)ccc1C. The monoisotopic (exact) mass is 476 g/mol. The van der Waals surface area contributed by atoms with Crippen molar-refractivity contribution >= 4 is 33.9 Å². The number of H-pyrrole nitrogens is 1. The summed E-state index contributed by atoms with van der Waals surface area (Å²) < 4.78 is 0. The van der Waals surface area contributed by atoms with Crippen LogP contribution < -0.4 is 10.9 Å². The molecule has 2 heterocycles. The van der Waals surface area contributed by atoms with E-state index in [1.165, 1.54) is 17.5 Å². The van der Waals surface area contributed by atoms with E-state index in [2.05, 4.69) is 85.1 Å². The van der Waals surface area contributed by atoms with Crippen molar-refractivity contribution in [1.82, 2.24) is 14.8 Å². The summed E-state index contributed by atoms with van der Waals surface area (Å²) in [7, 11) is 0. The molecule has 2 N–H and O–H groups in total. The molecule has 34 heavy (non-hydrogen) atoms. The van der Waals surface area contributed by atoms with Gasteiger partial charge in [-0.2, -0.15) is 0 Å². The van der Waals surface area contributed by atoms with Gasteiger partial charge in [0.1, 0.15) is 0 Å². The normalized spacial score (nSPS) is 16.2. The average Bonchev–Trinajstić information content (AvgIpc) is 3.26. The van der Waals surface area contributed by atoms with E-state index >= 15 is 0 Å². The summed E-state index contributed by atoms with van der Waals surface area (Å²) in [6.45, 7) is 13.9. The number of hydrogen-bond acceptors (Lipinski definition) is 3. The quantitative estimate of drug-likeness (QED) is 0.464. The van der Waals surface area contributed by atoms with Crippen LogP contribution >= 0.6 is 12.2 Å². The van der Waals surface area contributed by atoms with Crippen molar-refractivity contribution in [3.8, 4) is 0 Å². The Balaban J connectivity index is 1.65. The number of likely N-dealkylation sites (N-methyl/N-ethyl adjacent to an activating group) is 1. The zero-order chi connectivity index (χ0) is 24.4. The zero-order valence-electron chi connectivity index (χ0n) is 21.0. The lowest BCUT2D eigenvalue weighted by molar-refractivity contribution is 0.221. The van der Waals surface area contributed by atoms with Crippen LogP contribution in [-0.4, -0.2) is 45.6 Å². The largest absolute Gasteiger partial charge is 0.343 e. The van der Waals surface area contributed by atoms with Crippen LogP contribution in [0, 0.1) is 27.7 Å². The molecule has 1 fully saturated rings. The van der Waals surface area contributed by atoms with Crippen LogP contribution in [0.15, 0.2) is 41.2 Å². The van der Waals surface area contributed by atoms with Gasteiger partial charge in [0.15, 0.2) is 5.11 Å². The lowest BCUT2D eigenvalue weighted by Gasteiger charge is -2.32. The van der Waals surface area contributed by atoms with Gasteiger partial charge in [0.05, 0.1) is 12.1 Å². The molecular formula is C28H36N4OS. The van der Waals surface area contributed by atoms with E-state index < -0.39 is 0 Å². The van der Waals surface area contributed by atoms with Crippen LogP contribution in [-0.2, 0) is 6.54 Å². The number of fused-ring (bicyclic) bond motifs is 1. The number of nitrogens with zero attached hydrogens (tertiary/aromatic N) is 2. The fraction of sp³-hybridized carbons (Fsp3) is 0.429. The van der Waals surface area contributed by atoms with Gasteiger partial charge in [0.25, 0.3) is 5.56 Å². The molecule has 0 radical (unpaired) electrons. The van der Waals surface area contributed by atoms with Crippen LogP contribution in [0.3, 0.4) is 0 Å². The Morgan fingerprint density at radius 2 is 1.91 bits per heavy atom. The Labute approximate surface area is 208 Å². The van der Waals surface area contributed by atoms with Crippen LogP contribution in [0.5, 0.6) is 0 Å². The van der Waals surface area contributed by atoms with Gasteiger partial charge < -0.3 is 15.2 Å². The van der Waals surface area contributed by atoms with E-state index in [1.54, 1.807) is 0 Å². The van der Waals surface area contributed by atoms with E-state index in [0.717, 1.165) is 59.3 Å². The Kier molecular flexibility index (Phi) is 7.39. The van der Waals surface area contributed by atoms with E-state index in [-0.39, 0.29) is 5.56 Å². The summed E-state index contributed by atoms with van der Waals surface area (Å²) in [5.41, 5.74) is 7.27. The Bertz CT molecular complexity index is 1270. The predicted octanol–water partition coefficient (Wildman–Crippen LogP) is 5.45. The van der Waals surface area contributed by atoms with Crippen molar-refractivity contribution in [2.45, 2.75) is 60.0 Å². The first kappa shape index (κ1) is 24.4. The molecule has 5 nitrogen and oxygen atoms in total. The fourth-order valence-electron chi connectivity index (χ4n) is 4.95. The molecule has 0 saturated carbocycles. The highest BCUT2D eigenvalue weighted by Crippen LogP contribution is 2.23. The summed E-state index contributed by atoms with van der Waals surface area (Å²) in [6, 6.07) is 13.0. The molecule has 3 aromatic rings. The topological polar surface area (TPSA) is 51.4 Å². The molecule has 1 aromatic heterocycles. The maximum atomic E-state index is 13.1. The second kappa shape index (κ2) is 10.3. The highest BCUT2D eigenvalue weighted by molar-refractivity contribution is 7.80. The van der Waals surface area contributed by atoms with Crippen LogP contribution in [0.4, 0.5) is 5.69 Å². The Morgan fingerprint density at radius 3 is 2.68 bits per heavy atom. The van der Waals surface area contributed by atoms with Crippen LogP contribution in [0.2, 0.25) is 0 Å². The number of hydrogen-bond donors (Lipinski definition) is 2. The smallest absolute Gasteiger partial charge is 0.253 e. The minimum atomic E-state index is -0.0421. The molecule has 4 rings (SSSR count). The maximum absolute atomic E-state index is 13.1. The highest BCUT2D eigenvalue weighted by Gasteiger charge is 2.27. The first-order chi connectivity index (χ1) is 16.3. The van der Waals surface area contributed by atoms with Gasteiger partial charge in [-0.15, -0.1) is 0 Å². The number of benzene rings is 2. The number of anilines is 1. The van der Waals surface area contributed by atoms with Gasteiger partial charge in [0, 0.05) is 23.8 Å². The van der Waals surface area contributed by atoms with Crippen molar-refractivity contribution in [3.05, 3.63) is 74.6 Å². The van der Waals surface area contributed by atoms with Gasteiger partial charge >= 0.3 is 0 Å². The molecule has 2 aromatic carbocycles. The lowest BCUT2D eigenvalue weighted by Crippen LogP contribution is -2.45. The predicted molar refractivity (Wildman–Crippen MR) is 147 cm³/mol. The summed E-state index contributed by atoms with van der Waals surface area (Å²) >= 11 is 5.93. The number of aromatic amines is 1. The minimum absolute atomic E-state index is 0.0421. The summed E-state index contributed by atoms with van der Waals surface area (Å²) in [5, 5.41) is 5.20. The van der Waals surface area contributed by atoms with E-state index in [4.69, 9.17) is 12.2 Å². The number of pyridine rings is 1. The molecule has 0 bridgehead atoms. The molecule has 0 amide bonds. The van der Waals surface area contributed by atoms with E-state index in [1.807, 2.05) is 6.07 Å². The Morgan fingerprint density at radius 1 is 1.15 bits per heavy atom. The second-order valence-corrected chi connectivity index (χ2v) is 10.0. The van der Waals surface area contributed by atoms with Crippen molar-refractivity contribution < 1.29 is 0 Å². The molecule has 0 aliphatic carbocycles. The van der Waals surface area contributed by atoms with Crippen LogP contribution in [0.25, 0.3) is 10.9 Å². The van der Waals surface area contributed by atoms with Gasteiger partial charge in [-0.1, -0.05) is 31.2 Å². The number of rotatable bonds is 6. The number of aryl methyl sites for hydroxylation is 4. The summed E-state index contributed by atoms with van der Waals surface area (Å²) in [5.74, 6) is 0. The first-order valence-corrected chi connectivity index (χ1v) is 12.7. The van der Waals surface area contributed by atoms with E-state index in [9.17, 15) is 4.79 Å². The molecule has 1 saturated heterocycles. The number of aromatic nitrogens is 1. The molecule has 180 valence electrons. The van der Waals surface area contributed by atoms with Crippen molar-refractivity contribution in [3.63, 3.8) is 0 Å². The zero-order valence-corrected chi connectivity index (χ0v) is 21.8. The third-order valence-corrected chi connectivity index (χ3v) is 7.61. The standard InChI is InChI=1S/C28H36N4OS/c1-6-31-13-7-8-24(31)17-32(28(34)29-25-14-18(2)9-10-20(25)4)16-23-15-22-12-11-19(3)21(5)26(22)30-27(23)33/h9-12,14-15,24H,6-8,13,16-17H2,1-5H3,(H,29,34)(H,30,33)/t24-/m0/s1. The number of nitrogens with one attached hydrogen (secondary N) is 2. The molecule has 1 atom stereocenters. The van der Waals surface area contributed by atoms with Gasteiger partial charge in [0.2, 0.25) is 0 Å². The van der Waals surface area contributed by atoms with Crippen molar-refractivity contribution in [2.24, 2.45) is 0 Å². The fourth-order valence-corrected chi connectivity index (χ4v) is 5.20. The summed E-state index contributed by atoms with van der Waals surface area (Å²) in [6.07, 6.45) is 2.36. The third-order valence-electron chi connectivity index (χ3n) is 7.25. The van der Waals surface area contributed by atoms with Crippen molar-refractivity contribution in [1.29, 1.82) is 0 Å². The second-order valence-electron chi connectivity index (χ2n) is 9.65. The average molecular weight is 477 g/mol. The maximum Gasteiger partial charge on any atom is 0.253 e. The molecule has 0 spiro atoms. The summed E-state index contributed by atoms with van der Waals surface area (Å²) in [4.78, 5) is 20.9. The molecular weight excluding hydrogens is 440 g/mol. The first-order valence-electron chi connectivity index (χ1n) is 12.3.